The Bertz CT molecular complexity index is 318. The van der Waals surface area contributed by atoms with Crippen molar-refractivity contribution in [3.63, 3.8) is 0 Å². The zero-order chi connectivity index (χ0) is 8.03. The number of rotatable bonds is 0. The van der Waals surface area contributed by atoms with E-state index in [1.54, 1.807) is 0 Å². The first-order valence-corrected chi connectivity index (χ1v) is 4.85. The predicted molar refractivity (Wildman–Crippen MR) is 40.2 cm³/mol. The summed E-state index contributed by atoms with van der Waals surface area (Å²) in [6, 6.07) is 0. The first kappa shape index (κ1) is 5.90. The largest absolute Gasteiger partial charge is 0.299 e. The summed E-state index contributed by atoms with van der Waals surface area (Å²) in [5.74, 6) is 3.34. The van der Waals surface area contributed by atoms with Crippen LogP contribution in [0.5, 0.6) is 0 Å². The maximum Gasteiger partial charge on any atom is 0.140 e. The van der Waals surface area contributed by atoms with Crippen LogP contribution >= 0.6 is 0 Å². The molecule has 0 saturated heterocycles. The van der Waals surface area contributed by atoms with Gasteiger partial charge in [-0.05, 0) is 24.2 Å². The van der Waals surface area contributed by atoms with Gasteiger partial charge in [-0.15, -0.1) is 0 Å². The molecular weight excluding hydrogens is 152 g/mol. The average Bonchev–Trinajstić information content (AvgIpc) is 2.55. The lowest BCUT2D eigenvalue weighted by Gasteiger charge is -2.43. The number of hydrogen-bond donors (Lipinski definition) is 0. The molecule has 4 rings (SSSR count). The topological polar surface area (TPSA) is 34.1 Å². The summed E-state index contributed by atoms with van der Waals surface area (Å²) in [4.78, 5) is 23.1. The van der Waals surface area contributed by atoms with Crippen LogP contribution < -0.4 is 0 Å². The van der Waals surface area contributed by atoms with E-state index >= 15 is 0 Å². The summed E-state index contributed by atoms with van der Waals surface area (Å²) in [7, 11) is 0. The van der Waals surface area contributed by atoms with E-state index in [2.05, 4.69) is 0 Å². The van der Waals surface area contributed by atoms with Crippen molar-refractivity contribution in [3.8, 4) is 0 Å². The number of hydrogen-bond acceptors (Lipinski definition) is 2. The third kappa shape index (κ3) is 0.346. The number of fused-ring (bicyclic) bond motifs is 2. The second kappa shape index (κ2) is 1.40. The zero-order valence-corrected chi connectivity index (χ0v) is 6.69. The van der Waals surface area contributed by atoms with Gasteiger partial charge in [0.1, 0.15) is 11.6 Å². The molecule has 4 aliphatic rings. The van der Waals surface area contributed by atoms with Crippen LogP contribution in [0.2, 0.25) is 0 Å². The van der Waals surface area contributed by atoms with Crippen LogP contribution in [0.15, 0.2) is 0 Å². The monoisotopic (exact) mass is 162 g/mol. The Kier molecular flexibility index (Phi) is 0.690. The highest BCUT2D eigenvalue weighted by Crippen LogP contribution is 2.71. The first-order chi connectivity index (χ1) is 5.79. The minimum Gasteiger partial charge on any atom is -0.299 e. The fourth-order valence-electron chi connectivity index (χ4n) is 4.53. The van der Waals surface area contributed by atoms with Gasteiger partial charge in [-0.1, -0.05) is 0 Å². The molecule has 0 aliphatic heterocycles. The van der Waals surface area contributed by atoms with Crippen molar-refractivity contribution in [2.75, 3.05) is 0 Å². The molecule has 2 nitrogen and oxygen atoms in total. The molecule has 0 amide bonds. The number of Topliss-reactive ketones (excluding diaryl/α,β-unsaturated/α-hetero) is 2. The molecule has 62 valence electrons. The molecular formula is C10H10O2. The van der Waals surface area contributed by atoms with E-state index in [1.165, 1.54) is 6.42 Å². The second-order valence-corrected chi connectivity index (χ2v) is 4.88. The van der Waals surface area contributed by atoms with Crippen LogP contribution in [-0.2, 0) is 9.59 Å². The highest BCUT2D eigenvalue weighted by Gasteiger charge is 2.74. The van der Waals surface area contributed by atoms with Gasteiger partial charge in [-0.3, -0.25) is 9.59 Å². The van der Waals surface area contributed by atoms with Crippen molar-refractivity contribution in [2.24, 2.45) is 35.5 Å². The van der Waals surface area contributed by atoms with Crippen molar-refractivity contribution in [1.82, 2.24) is 0 Å². The molecule has 0 spiro atoms. The molecule has 0 aromatic rings. The van der Waals surface area contributed by atoms with Gasteiger partial charge in [0, 0.05) is 24.2 Å². The van der Waals surface area contributed by atoms with Crippen molar-refractivity contribution in [3.05, 3.63) is 0 Å². The summed E-state index contributed by atoms with van der Waals surface area (Å²) in [6.45, 7) is 0. The molecule has 6 atom stereocenters. The van der Waals surface area contributed by atoms with Crippen molar-refractivity contribution in [2.45, 2.75) is 12.8 Å². The molecule has 0 heterocycles. The van der Waals surface area contributed by atoms with Crippen LogP contribution in [-0.4, -0.2) is 11.6 Å². The zero-order valence-electron chi connectivity index (χ0n) is 6.69. The Morgan fingerprint density at radius 2 is 1.75 bits per heavy atom. The van der Waals surface area contributed by atoms with Crippen LogP contribution in [0, 0.1) is 35.5 Å². The second-order valence-electron chi connectivity index (χ2n) is 4.88. The summed E-state index contributed by atoms with van der Waals surface area (Å²) >= 11 is 0. The van der Waals surface area contributed by atoms with Crippen LogP contribution in [0.3, 0.4) is 0 Å². The van der Waals surface area contributed by atoms with Gasteiger partial charge in [-0.2, -0.15) is 0 Å². The van der Waals surface area contributed by atoms with Gasteiger partial charge in [0.25, 0.3) is 0 Å². The van der Waals surface area contributed by atoms with Gasteiger partial charge in [0.05, 0.1) is 0 Å². The van der Waals surface area contributed by atoms with Gasteiger partial charge in [-0.25, -0.2) is 0 Å². The van der Waals surface area contributed by atoms with Crippen molar-refractivity contribution in [1.29, 1.82) is 0 Å². The summed E-state index contributed by atoms with van der Waals surface area (Å²) < 4.78 is 0. The predicted octanol–water partition coefficient (Wildman–Crippen LogP) is 0.656. The molecule has 0 N–H and O–H groups in total. The Morgan fingerprint density at radius 3 is 2.50 bits per heavy atom. The van der Waals surface area contributed by atoms with Gasteiger partial charge in [0.2, 0.25) is 0 Å². The third-order valence-electron chi connectivity index (χ3n) is 4.79. The fraction of sp³-hybridized carbons (Fsp3) is 0.800. The van der Waals surface area contributed by atoms with E-state index in [4.69, 9.17) is 0 Å². The molecule has 4 aliphatic carbocycles. The minimum absolute atomic E-state index is 0.192. The molecule has 4 fully saturated rings. The Labute approximate surface area is 70.3 Å². The van der Waals surface area contributed by atoms with Gasteiger partial charge in [0.15, 0.2) is 0 Å². The van der Waals surface area contributed by atoms with E-state index in [1.807, 2.05) is 0 Å². The lowest BCUT2D eigenvalue weighted by atomic mass is 9.57. The van der Waals surface area contributed by atoms with Gasteiger partial charge < -0.3 is 0 Å². The summed E-state index contributed by atoms with van der Waals surface area (Å²) in [5, 5.41) is 0. The molecule has 0 aromatic heterocycles. The van der Waals surface area contributed by atoms with E-state index in [-0.39, 0.29) is 11.8 Å². The first-order valence-electron chi connectivity index (χ1n) is 4.85. The third-order valence-corrected chi connectivity index (χ3v) is 4.79. The summed E-state index contributed by atoms with van der Waals surface area (Å²) in [6.07, 6.45) is 1.93. The Balaban J connectivity index is 1.97. The standard InChI is InChI=1S/C10H10O2/c11-6-2-4-3-1-5-7(4)10(12)9(5)8(3)6/h3-5,7-9H,1-2H2. The lowest BCUT2D eigenvalue weighted by molar-refractivity contribution is -0.149. The lowest BCUT2D eigenvalue weighted by Crippen LogP contribution is -2.51. The van der Waals surface area contributed by atoms with E-state index in [0.717, 1.165) is 6.42 Å². The number of carbonyl (C=O) groups excluding carboxylic acids is 2. The van der Waals surface area contributed by atoms with E-state index in [9.17, 15) is 9.59 Å². The Morgan fingerprint density at radius 1 is 0.917 bits per heavy atom. The van der Waals surface area contributed by atoms with E-state index < -0.39 is 0 Å². The number of ketones is 2. The maximum atomic E-state index is 11.5. The van der Waals surface area contributed by atoms with Crippen molar-refractivity contribution < 1.29 is 9.59 Å². The average molecular weight is 162 g/mol. The quantitative estimate of drug-likeness (QED) is 0.524. The van der Waals surface area contributed by atoms with Gasteiger partial charge >= 0.3 is 0 Å². The van der Waals surface area contributed by atoms with Crippen LogP contribution in [0.4, 0.5) is 0 Å². The SMILES string of the molecule is O=C1CC2C3CC4C2C(=O)C4C13. The number of carbonyl (C=O) groups is 2. The molecule has 2 bridgehead atoms. The maximum absolute atomic E-state index is 11.5. The normalized spacial score (nSPS) is 64.3. The minimum atomic E-state index is 0.192. The molecule has 0 radical (unpaired) electrons. The van der Waals surface area contributed by atoms with Crippen molar-refractivity contribution >= 4 is 11.6 Å². The van der Waals surface area contributed by atoms with Crippen LogP contribution in [0.25, 0.3) is 0 Å². The molecule has 12 heavy (non-hydrogen) atoms. The molecule has 2 heteroatoms. The smallest absolute Gasteiger partial charge is 0.140 e. The highest BCUT2D eigenvalue weighted by atomic mass is 16.1. The summed E-state index contributed by atoms with van der Waals surface area (Å²) in [5.41, 5.74) is 0. The van der Waals surface area contributed by atoms with Crippen LogP contribution in [0.1, 0.15) is 12.8 Å². The fourth-order valence-corrected chi connectivity index (χ4v) is 4.53. The molecule has 4 saturated carbocycles. The highest BCUT2D eigenvalue weighted by molar-refractivity contribution is 6.02. The molecule has 6 unspecified atom stereocenters. The molecule has 0 aromatic carbocycles. The Hall–Kier alpha value is -0.660. The van der Waals surface area contributed by atoms with E-state index in [0.29, 0.717) is 35.2 Å².